The van der Waals surface area contributed by atoms with Crippen molar-refractivity contribution in [2.45, 2.75) is 90.3 Å². The maximum atomic E-state index is 13.2. The summed E-state index contributed by atoms with van der Waals surface area (Å²) in [5.74, 6) is 1.80. The van der Waals surface area contributed by atoms with E-state index in [0.717, 1.165) is 44.3 Å². The second kappa shape index (κ2) is 13.5. The molecule has 1 saturated heterocycles. The highest BCUT2D eigenvalue weighted by Gasteiger charge is 2.41. The van der Waals surface area contributed by atoms with Crippen LogP contribution in [0.2, 0.25) is 0 Å². The van der Waals surface area contributed by atoms with E-state index < -0.39 is 5.60 Å². The molecule has 0 spiro atoms. The van der Waals surface area contributed by atoms with Crippen molar-refractivity contribution in [2.75, 3.05) is 48.9 Å². The highest BCUT2D eigenvalue weighted by Crippen LogP contribution is 2.40. The van der Waals surface area contributed by atoms with E-state index in [2.05, 4.69) is 20.5 Å². The van der Waals surface area contributed by atoms with Crippen molar-refractivity contribution in [1.29, 1.82) is 0 Å². The highest BCUT2D eigenvalue weighted by molar-refractivity contribution is 6.04. The van der Waals surface area contributed by atoms with Gasteiger partial charge in [-0.2, -0.15) is 4.98 Å². The zero-order valence-corrected chi connectivity index (χ0v) is 27.4. The molecule has 1 aromatic heterocycles. The van der Waals surface area contributed by atoms with Gasteiger partial charge in [0, 0.05) is 38.3 Å². The van der Waals surface area contributed by atoms with Crippen LogP contribution in [0.1, 0.15) is 83.0 Å². The summed E-state index contributed by atoms with van der Waals surface area (Å²) < 4.78 is 11.1. The molecule has 12 heteroatoms. The molecule has 0 bridgehead atoms. The summed E-state index contributed by atoms with van der Waals surface area (Å²) in [5, 5.41) is 6.31. The Balaban J connectivity index is 1.23. The van der Waals surface area contributed by atoms with Gasteiger partial charge in [-0.15, -0.1) is 0 Å². The molecule has 2 aliphatic heterocycles. The van der Waals surface area contributed by atoms with Crippen LogP contribution in [0.3, 0.4) is 0 Å². The highest BCUT2D eigenvalue weighted by atomic mass is 16.6. The van der Waals surface area contributed by atoms with Crippen LogP contribution in [-0.4, -0.2) is 84.3 Å². The first-order valence-corrected chi connectivity index (χ1v) is 16.1. The largest absolute Gasteiger partial charge is 0.495 e. The van der Waals surface area contributed by atoms with E-state index in [1.807, 2.05) is 27.7 Å². The molecule has 3 amide bonds. The number of anilines is 4. The van der Waals surface area contributed by atoms with E-state index in [0.29, 0.717) is 54.7 Å². The zero-order chi connectivity index (χ0) is 32.3. The Morgan fingerprint density at radius 3 is 2.44 bits per heavy atom. The smallest absolute Gasteiger partial charge is 0.410 e. The number of methoxy groups -OCH3 is 1. The summed E-state index contributed by atoms with van der Waals surface area (Å²) in [6, 6.07) is 5.26. The van der Waals surface area contributed by atoms with E-state index in [9.17, 15) is 14.4 Å². The molecule has 244 valence electrons. The first-order chi connectivity index (χ1) is 21.5. The van der Waals surface area contributed by atoms with Crippen molar-refractivity contribution in [3.05, 3.63) is 30.0 Å². The number of piperidine rings is 1. The summed E-state index contributed by atoms with van der Waals surface area (Å²) in [7, 11) is 3.34. The van der Waals surface area contributed by atoms with E-state index in [1.165, 1.54) is 0 Å². The fourth-order valence-electron chi connectivity index (χ4n) is 6.48. The Labute approximate surface area is 265 Å². The van der Waals surface area contributed by atoms with Gasteiger partial charge in [-0.3, -0.25) is 9.59 Å². The molecule has 45 heavy (non-hydrogen) atoms. The number of hydrogen-bond donors (Lipinski definition) is 2. The van der Waals surface area contributed by atoms with Gasteiger partial charge in [0.2, 0.25) is 11.9 Å². The summed E-state index contributed by atoms with van der Waals surface area (Å²) in [5.41, 5.74) is 1.29. The van der Waals surface area contributed by atoms with Crippen molar-refractivity contribution >= 4 is 41.0 Å². The van der Waals surface area contributed by atoms with Crippen LogP contribution in [0, 0.1) is 5.92 Å². The van der Waals surface area contributed by atoms with Crippen molar-refractivity contribution in [3.8, 4) is 5.75 Å². The van der Waals surface area contributed by atoms with Crippen molar-refractivity contribution < 1.29 is 23.9 Å². The lowest BCUT2D eigenvalue weighted by molar-refractivity contribution is -0.120. The Hall–Kier alpha value is -4.09. The Bertz CT molecular complexity index is 1400. The van der Waals surface area contributed by atoms with Gasteiger partial charge < -0.3 is 34.8 Å². The number of rotatable bonds is 8. The first-order valence-electron chi connectivity index (χ1n) is 16.1. The minimum Gasteiger partial charge on any atom is -0.495 e. The van der Waals surface area contributed by atoms with Crippen LogP contribution in [0.5, 0.6) is 5.75 Å². The Morgan fingerprint density at radius 2 is 1.80 bits per heavy atom. The minimum atomic E-state index is -0.519. The molecule has 1 atom stereocenters. The number of likely N-dealkylation sites (tertiary alicyclic amines) is 1. The standard InChI is InChI=1S/C33H47N7O5/c1-7-25-30(42)38(5)26-20-35-31(37-28(26)40(25)23-10-8-9-11-23)36-24-13-12-22(18-27(24)44-6)29(41)34-19-21-14-16-39(17-15-21)32(43)45-33(2,3)4/h12-13,18,20-21,23,25H,7-11,14-17,19H2,1-6H3,(H,34,41)(H,35,36,37)/t25-/m1/s1. The average molecular weight is 622 g/mol. The molecule has 1 saturated carbocycles. The SMILES string of the molecule is CC[C@@H]1C(=O)N(C)c2cnc(Nc3ccc(C(=O)NCC4CCN(C(=O)OC(C)(C)C)CC4)cc3OC)nc2N1C1CCCC1. The van der Waals surface area contributed by atoms with Gasteiger partial charge in [0.25, 0.3) is 5.91 Å². The predicted octanol–water partition coefficient (Wildman–Crippen LogP) is 5.11. The van der Waals surface area contributed by atoms with Gasteiger partial charge in [0.05, 0.1) is 19.0 Å². The second-order valence-corrected chi connectivity index (χ2v) is 13.2. The molecule has 1 aliphatic carbocycles. The van der Waals surface area contributed by atoms with Crippen molar-refractivity contribution in [1.82, 2.24) is 20.2 Å². The van der Waals surface area contributed by atoms with Gasteiger partial charge in [-0.1, -0.05) is 19.8 Å². The van der Waals surface area contributed by atoms with Crippen molar-refractivity contribution in [3.63, 3.8) is 0 Å². The van der Waals surface area contributed by atoms with E-state index in [1.54, 1.807) is 48.4 Å². The normalized spacial score (nSPS) is 19.4. The quantitative estimate of drug-likeness (QED) is 0.413. The number of amides is 3. The van der Waals surface area contributed by atoms with Crippen LogP contribution in [0.25, 0.3) is 0 Å². The molecule has 0 unspecified atom stereocenters. The van der Waals surface area contributed by atoms with Gasteiger partial charge in [-0.25, -0.2) is 9.78 Å². The third kappa shape index (κ3) is 7.26. The number of ether oxygens (including phenoxy) is 2. The lowest BCUT2D eigenvalue weighted by atomic mass is 9.97. The Kier molecular flexibility index (Phi) is 9.69. The molecule has 0 radical (unpaired) electrons. The summed E-state index contributed by atoms with van der Waals surface area (Å²) in [6.45, 7) is 9.38. The number of hydrogen-bond acceptors (Lipinski definition) is 9. The summed E-state index contributed by atoms with van der Waals surface area (Å²) >= 11 is 0. The van der Waals surface area contributed by atoms with E-state index >= 15 is 0 Å². The van der Waals surface area contributed by atoms with Crippen molar-refractivity contribution in [2.24, 2.45) is 5.92 Å². The first kappa shape index (κ1) is 32.3. The van der Waals surface area contributed by atoms with Crippen LogP contribution in [0.15, 0.2) is 24.4 Å². The maximum absolute atomic E-state index is 13.2. The third-order valence-corrected chi connectivity index (χ3v) is 8.94. The molecule has 3 heterocycles. The number of benzene rings is 1. The third-order valence-electron chi connectivity index (χ3n) is 8.94. The van der Waals surface area contributed by atoms with Crippen LogP contribution in [-0.2, 0) is 9.53 Å². The number of likely N-dealkylation sites (N-methyl/N-ethyl adjacent to an activating group) is 1. The van der Waals surface area contributed by atoms with Gasteiger partial charge in [0.1, 0.15) is 23.1 Å². The number of aromatic nitrogens is 2. The fraction of sp³-hybridized carbons (Fsp3) is 0.606. The average Bonchev–Trinajstić information content (AvgIpc) is 3.55. The van der Waals surface area contributed by atoms with Crippen LogP contribution in [0.4, 0.5) is 27.9 Å². The number of nitrogens with zero attached hydrogens (tertiary/aromatic N) is 5. The van der Waals surface area contributed by atoms with E-state index in [-0.39, 0.29) is 35.9 Å². The minimum absolute atomic E-state index is 0.0722. The molecule has 1 aromatic carbocycles. The molecule has 2 N–H and O–H groups in total. The molecule has 3 aliphatic rings. The number of carbonyl (C=O) groups excluding carboxylic acids is 3. The second-order valence-electron chi connectivity index (χ2n) is 13.2. The monoisotopic (exact) mass is 621 g/mol. The number of nitrogens with one attached hydrogen (secondary N) is 2. The molecule has 5 rings (SSSR count). The summed E-state index contributed by atoms with van der Waals surface area (Å²) in [6.07, 6.45) is 8.10. The molecular formula is C33H47N7O5. The lowest BCUT2D eigenvalue weighted by Gasteiger charge is -2.43. The van der Waals surface area contributed by atoms with Crippen LogP contribution >= 0.6 is 0 Å². The maximum Gasteiger partial charge on any atom is 0.410 e. The van der Waals surface area contributed by atoms with Gasteiger partial charge >= 0.3 is 6.09 Å². The van der Waals surface area contributed by atoms with Gasteiger partial charge in [0.15, 0.2) is 5.82 Å². The predicted molar refractivity (Wildman–Crippen MR) is 173 cm³/mol. The Morgan fingerprint density at radius 1 is 1.09 bits per heavy atom. The molecule has 2 fully saturated rings. The fourth-order valence-corrected chi connectivity index (χ4v) is 6.48. The topological polar surface area (TPSA) is 129 Å². The van der Waals surface area contributed by atoms with Crippen LogP contribution < -0.4 is 25.2 Å². The molecular weight excluding hydrogens is 574 g/mol. The zero-order valence-electron chi connectivity index (χ0n) is 27.4. The lowest BCUT2D eigenvalue weighted by Crippen LogP contribution is -2.55. The number of fused-ring (bicyclic) bond motifs is 1. The molecule has 12 nitrogen and oxygen atoms in total. The molecule has 2 aromatic rings. The summed E-state index contributed by atoms with van der Waals surface area (Å²) in [4.78, 5) is 53.6. The van der Waals surface area contributed by atoms with E-state index in [4.69, 9.17) is 14.5 Å². The number of carbonyl (C=O) groups is 3. The van der Waals surface area contributed by atoms with Gasteiger partial charge in [-0.05, 0) is 77.0 Å².